The topological polar surface area (TPSA) is 38.8 Å². The quantitative estimate of drug-likeness (QED) is 0.499. The summed E-state index contributed by atoms with van der Waals surface area (Å²) in [5.41, 5.74) is 3.57. The van der Waals surface area contributed by atoms with E-state index in [0.29, 0.717) is 5.92 Å². The molecule has 2 amide bonds. The molecular weight excluding hydrogens is 456 g/mol. The predicted octanol–water partition coefficient (Wildman–Crippen LogP) is 5.36. The van der Waals surface area contributed by atoms with Gasteiger partial charge < -0.3 is 15.1 Å². The number of nitrogens with zero attached hydrogens (tertiary/aromatic N) is 3. The van der Waals surface area contributed by atoms with Crippen LogP contribution in [0.1, 0.15) is 42.5 Å². The van der Waals surface area contributed by atoms with Gasteiger partial charge >= 0.3 is 6.03 Å². The Bertz CT molecular complexity index is 1080. The number of hydrogen-bond donors (Lipinski definition) is 1. The van der Waals surface area contributed by atoms with E-state index in [1.807, 2.05) is 41.3 Å². The minimum Gasteiger partial charge on any atom is -0.327 e. The Labute approximate surface area is 222 Å². The average Bonchev–Trinajstić information content (AvgIpc) is 2.97. The molecule has 5 heteroatoms. The fraction of sp³-hybridized carbons (Fsp3) is 0.406. The maximum Gasteiger partial charge on any atom is 0.318 e. The Morgan fingerprint density at radius 3 is 1.76 bits per heavy atom. The number of piperidine rings is 1. The molecular formula is C32H40N4O. The van der Waals surface area contributed by atoms with Gasteiger partial charge in [-0.3, -0.25) is 4.90 Å². The Morgan fingerprint density at radius 2 is 1.24 bits per heavy atom. The summed E-state index contributed by atoms with van der Waals surface area (Å²) >= 11 is 0. The van der Waals surface area contributed by atoms with Gasteiger partial charge in [-0.2, -0.15) is 0 Å². The number of carbonyl (C=O) groups is 1. The molecule has 0 radical (unpaired) electrons. The largest absolute Gasteiger partial charge is 0.327 e. The fourth-order valence-electron chi connectivity index (χ4n) is 6.26. The summed E-state index contributed by atoms with van der Waals surface area (Å²) in [6, 6.07) is 31.4. The molecule has 0 aliphatic carbocycles. The molecule has 3 aromatic rings. The molecule has 0 saturated carbocycles. The van der Waals surface area contributed by atoms with Gasteiger partial charge in [-0.05, 0) is 62.5 Å². The average molecular weight is 497 g/mol. The van der Waals surface area contributed by atoms with Gasteiger partial charge in [-0.15, -0.1) is 0 Å². The maximum atomic E-state index is 13.5. The van der Waals surface area contributed by atoms with Gasteiger partial charge in [0.2, 0.25) is 0 Å². The van der Waals surface area contributed by atoms with E-state index in [1.54, 1.807) is 0 Å². The molecule has 5 rings (SSSR count). The number of carbonyl (C=O) groups excluding carboxylic acids is 1. The third-order valence-electron chi connectivity index (χ3n) is 8.63. The molecule has 194 valence electrons. The van der Waals surface area contributed by atoms with Crippen LogP contribution in [0.5, 0.6) is 0 Å². The lowest BCUT2D eigenvalue weighted by atomic mass is 9.73. The highest BCUT2D eigenvalue weighted by Gasteiger charge is 2.43. The minimum atomic E-state index is -0.165. The first-order chi connectivity index (χ1) is 18.1. The van der Waals surface area contributed by atoms with E-state index in [1.165, 1.54) is 18.4 Å². The first kappa shape index (κ1) is 25.5. The van der Waals surface area contributed by atoms with Gasteiger partial charge in [-0.25, -0.2) is 4.79 Å². The van der Waals surface area contributed by atoms with Crippen LogP contribution in [-0.4, -0.2) is 67.0 Å². The summed E-state index contributed by atoms with van der Waals surface area (Å²) in [4.78, 5) is 20.6. The number of amides is 2. The molecule has 2 fully saturated rings. The number of rotatable bonds is 6. The van der Waals surface area contributed by atoms with Gasteiger partial charge in [0.05, 0.1) is 6.04 Å². The van der Waals surface area contributed by atoms with E-state index in [9.17, 15) is 4.79 Å². The summed E-state index contributed by atoms with van der Waals surface area (Å²) in [7, 11) is 2.23. The van der Waals surface area contributed by atoms with Crippen molar-refractivity contribution < 1.29 is 4.79 Å². The van der Waals surface area contributed by atoms with Gasteiger partial charge in [-0.1, -0.05) is 91.0 Å². The van der Waals surface area contributed by atoms with Crippen LogP contribution in [-0.2, 0) is 5.54 Å². The Morgan fingerprint density at radius 1 is 0.757 bits per heavy atom. The van der Waals surface area contributed by atoms with Crippen molar-refractivity contribution in [2.24, 2.45) is 5.92 Å². The molecule has 0 aromatic heterocycles. The minimum absolute atomic E-state index is 0.0121. The lowest BCUT2D eigenvalue weighted by Gasteiger charge is -2.52. The molecule has 2 heterocycles. The molecule has 5 nitrogen and oxygen atoms in total. The first-order valence-corrected chi connectivity index (χ1v) is 13.7. The maximum absolute atomic E-state index is 13.5. The molecule has 0 bridgehead atoms. The van der Waals surface area contributed by atoms with Crippen LogP contribution < -0.4 is 5.32 Å². The second-order valence-electron chi connectivity index (χ2n) is 10.8. The summed E-state index contributed by atoms with van der Waals surface area (Å²) in [5.74, 6) is 0.604. The van der Waals surface area contributed by atoms with Gasteiger partial charge in [0.1, 0.15) is 0 Å². The molecule has 2 aliphatic heterocycles. The highest BCUT2D eigenvalue weighted by Crippen LogP contribution is 2.41. The smallest absolute Gasteiger partial charge is 0.318 e. The summed E-state index contributed by atoms with van der Waals surface area (Å²) in [5, 5.41) is 3.34. The lowest BCUT2D eigenvalue weighted by Crippen LogP contribution is -2.60. The van der Waals surface area contributed by atoms with E-state index >= 15 is 0 Å². The monoisotopic (exact) mass is 496 g/mol. The Kier molecular flexibility index (Phi) is 7.92. The van der Waals surface area contributed by atoms with Crippen molar-refractivity contribution in [3.05, 3.63) is 108 Å². The van der Waals surface area contributed by atoms with Gasteiger partial charge in [0, 0.05) is 31.7 Å². The Hall–Kier alpha value is -3.15. The highest BCUT2D eigenvalue weighted by molar-refractivity contribution is 5.75. The number of piperazine rings is 1. The third-order valence-corrected chi connectivity index (χ3v) is 8.63. The molecule has 2 aliphatic rings. The van der Waals surface area contributed by atoms with Crippen LogP contribution in [0, 0.1) is 5.92 Å². The molecule has 2 saturated heterocycles. The van der Waals surface area contributed by atoms with Crippen LogP contribution in [0.4, 0.5) is 4.79 Å². The first-order valence-electron chi connectivity index (χ1n) is 13.7. The fourth-order valence-corrected chi connectivity index (χ4v) is 6.26. The summed E-state index contributed by atoms with van der Waals surface area (Å²) in [6.07, 6.45) is 2.41. The van der Waals surface area contributed by atoms with Crippen LogP contribution >= 0.6 is 0 Å². The SMILES string of the molecule is CN1CCC(C(C)(c2ccccc2)N2CCN(C(=O)NC(c3ccccc3)c3ccccc3)CC2)CC1. The number of urea groups is 1. The summed E-state index contributed by atoms with van der Waals surface area (Å²) in [6.45, 7) is 7.97. The van der Waals surface area contributed by atoms with Crippen LogP contribution in [0.25, 0.3) is 0 Å². The van der Waals surface area contributed by atoms with E-state index in [2.05, 4.69) is 83.7 Å². The third kappa shape index (κ3) is 5.58. The normalized spacial score (nSPS) is 19.5. The van der Waals surface area contributed by atoms with Crippen molar-refractivity contribution in [3.8, 4) is 0 Å². The van der Waals surface area contributed by atoms with Crippen LogP contribution in [0.15, 0.2) is 91.0 Å². The van der Waals surface area contributed by atoms with Crippen molar-refractivity contribution >= 4 is 6.03 Å². The standard InChI is InChI=1S/C32H40N4O/c1-32(28-16-10-5-11-17-28,29-18-20-34(2)21-19-29)36-24-22-35(23-25-36)31(37)33-30(26-12-6-3-7-13-26)27-14-8-4-9-15-27/h3-17,29-30H,18-25H2,1-2H3,(H,33,37). The van der Waals surface area contributed by atoms with Gasteiger partial charge in [0.15, 0.2) is 0 Å². The predicted molar refractivity (Wildman–Crippen MR) is 150 cm³/mol. The summed E-state index contributed by atoms with van der Waals surface area (Å²) < 4.78 is 0. The molecule has 1 N–H and O–H groups in total. The van der Waals surface area contributed by atoms with E-state index in [-0.39, 0.29) is 17.6 Å². The van der Waals surface area contributed by atoms with Crippen molar-refractivity contribution in [1.82, 2.24) is 20.0 Å². The molecule has 1 unspecified atom stereocenters. The molecule has 0 spiro atoms. The van der Waals surface area contributed by atoms with Crippen LogP contribution in [0.2, 0.25) is 0 Å². The number of likely N-dealkylation sites (tertiary alicyclic amines) is 1. The Balaban J connectivity index is 1.30. The number of benzene rings is 3. The van der Waals surface area contributed by atoms with E-state index in [0.717, 1.165) is 50.4 Å². The van der Waals surface area contributed by atoms with Crippen molar-refractivity contribution in [2.75, 3.05) is 46.3 Å². The second kappa shape index (κ2) is 11.5. The lowest BCUT2D eigenvalue weighted by molar-refractivity contribution is -0.0110. The zero-order chi connectivity index (χ0) is 25.7. The van der Waals surface area contributed by atoms with Gasteiger partial charge in [0.25, 0.3) is 0 Å². The number of nitrogens with one attached hydrogen (secondary N) is 1. The highest BCUT2D eigenvalue weighted by atomic mass is 16.2. The van der Waals surface area contributed by atoms with Crippen molar-refractivity contribution in [3.63, 3.8) is 0 Å². The van der Waals surface area contributed by atoms with E-state index in [4.69, 9.17) is 0 Å². The van der Waals surface area contributed by atoms with E-state index < -0.39 is 0 Å². The molecule has 3 aromatic carbocycles. The number of hydrogen-bond acceptors (Lipinski definition) is 3. The molecule has 1 atom stereocenters. The zero-order valence-corrected chi connectivity index (χ0v) is 22.2. The van der Waals surface area contributed by atoms with Crippen LogP contribution in [0.3, 0.4) is 0 Å². The molecule has 37 heavy (non-hydrogen) atoms. The zero-order valence-electron chi connectivity index (χ0n) is 22.2. The van der Waals surface area contributed by atoms with Crippen molar-refractivity contribution in [2.45, 2.75) is 31.3 Å². The van der Waals surface area contributed by atoms with Crippen molar-refractivity contribution in [1.29, 1.82) is 0 Å². The second-order valence-corrected chi connectivity index (χ2v) is 10.8.